The highest BCUT2D eigenvalue weighted by atomic mass is 32.2. The van der Waals surface area contributed by atoms with E-state index in [0.717, 1.165) is 12.2 Å². The van der Waals surface area contributed by atoms with Gasteiger partial charge in [-0.15, -0.1) is 5.10 Å². The molecular weight excluding hydrogens is 244 g/mol. The number of nitrogens with one attached hydrogen (secondary N) is 1. The van der Waals surface area contributed by atoms with E-state index in [1.165, 1.54) is 10.9 Å². The van der Waals surface area contributed by atoms with Gasteiger partial charge in [0.15, 0.2) is 5.69 Å². The van der Waals surface area contributed by atoms with Gasteiger partial charge in [-0.2, -0.15) is 11.8 Å². The summed E-state index contributed by atoms with van der Waals surface area (Å²) in [6, 6.07) is 0. The second kappa shape index (κ2) is 6.89. The van der Waals surface area contributed by atoms with Gasteiger partial charge < -0.3 is 10.4 Å². The summed E-state index contributed by atoms with van der Waals surface area (Å²) in [5.41, 5.74) is -0.166. The molecule has 8 heteroatoms. The van der Waals surface area contributed by atoms with Gasteiger partial charge in [0.2, 0.25) is 5.91 Å². The Balaban J connectivity index is 2.32. The standard InChI is InChI=1S/C9H14N4O3S/c1-17-4-2-3-10-8(14)6-13-5-7(9(15)16)11-12-13/h5H,2-4,6H2,1H3,(H,10,14)(H,15,16). The quantitative estimate of drug-likeness (QED) is 0.660. The summed E-state index contributed by atoms with van der Waals surface area (Å²) in [7, 11) is 0. The number of thioether (sulfide) groups is 1. The molecule has 0 aliphatic carbocycles. The summed E-state index contributed by atoms with van der Waals surface area (Å²) in [6.45, 7) is 0.597. The van der Waals surface area contributed by atoms with Crippen LogP contribution >= 0.6 is 11.8 Å². The first kappa shape index (κ1) is 13.5. The van der Waals surface area contributed by atoms with Crippen LogP contribution in [0.4, 0.5) is 0 Å². The Morgan fingerprint density at radius 3 is 2.94 bits per heavy atom. The molecule has 0 radical (unpaired) electrons. The molecule has 0 saturated carbocycles. The topological polar surface area (TPSA) is 97.1 Å². The van der Waals surface area contributed by atoms with Crippen molar-refractivity contribution in [3.63, 3.8) is 0 Å². The Labute approximate surface area is 103 Å². The fourth-order valence-electron chi connectivity index (χ4n) is 1.12. The SMILES string of the molecule is CSCCCNC(=O)Cn1cc(C(=O)O)nn1. The molecule has 0 bridgehead atoms. The summed E-state index contributed by atoms with van der Waals surface area (Å²) in [6.07, 6.45) is 4.14. The normalized spacial score (nSPS) is 10.2. The van der Waals surface area contributed by atoms with Crippen LogP contribution in [-0.2, 0) is 11.3 Å². The molecule has 1 aromatic rings. The molecular formula is C9H14N4O3S. The van der Waals surface area contributed by atoms with Crippen molar-refractivity contribution in [3.8, 4) is 0 Å². The molecule has 1 aromatic heterocycles. The number of hydrogen-bond donors (Lipinski definition) is 2. The molecule has 0 saturated heterocycles. The number of carboxylic acids is 1. The van der Waals surface area contributed by atoms with E-state index < -0.39 is 5.97 Å². The number of amides is 1. The number of aromatic nitrogens is 3. The number of nitrogens with zero attached hydrogens (tertiary/aromatic N) is 3. The van der Waals surface area contributed by atoms with E-state index >= 15 is 0 Å². The summed E-state index contributed by atoms with van der Waals surface area (Å²) in [4.78, 5) is 21.9. The van der Waals surface area contributed by atoms with Crippen molar-refractivity contribution in [2.45, 2.75) is 13.0 Å². The fraction of sp³-hybridized carbons (Fsp3) is 0.556. The molecule has 0 aliphatic rings. The zero-order valence-electron chi connectivity index (χ0n) is 9.42. The Hall–Kier alpha value is -1.57. The van der Waals surface area contributed by atoms with Gasteiger partial charge in [-0.1, -0.05) is 5.21 Å². The van der Waals surface area contributed by atoms with Crippen molar-refractivity contribution in [3.05, 3.63) is 11.9 Å². The molecule has 0 aromatic carbocycles. The van der Waals surface area contributed by atoms with Crippen LogP contribution in [-0.4, -0.2) is 50.5 Å². The van der Waals surface area contributed by atoms with Gasteiger partial charge in [0.1, 0.15) is 6.54 Å². The lowest BCUT2D eigenvalue weighted by molar-refractivity contribution is -0.121. The van der Waals surface area contributed by atoms with Crippen LogP contribution in [0.25, 0.3) is 0 Å². The molecule has 0 unspecified atom stereocenters. The molecule has 0 aliphatic heterocycles. The average molecular weight is 258 g/mol. The predicted octanol–water partition coefficient (Wildman–Crippen LogP) is -0.154. The minimum Gasteiger partial charge on any atom is -0.476 e. The molecule has 1 amide bonds. The van der Waals surface area contributed by atoms with E-state index in [2.05, 4.69) is 15.6 Å². The smallest absolute Gasteiger partial charge is 0.358 e. The Kier molecular flexibility index (Phi) is 5.47. The maximum absolute atomic E-state index is 11.4. The van der Waals surface area contributed by atoms with Gasteiger partial charge in [0, 0.05) is 6.54 Å². The lowest BCUT2D eigenvalue weighted by Crippen LogP contribution is -2.28. The van der Waals surface area contributed by atoms with E-state index in [9.17, 15) is 9.59 Å². The first-order valence-electron chi connectivity index (χ1n) is 5.02. The van der Waals surface area contributed by atoms with E-state index in [0.29, 0.717) is 6.54 Å². The van der Waals surface area contributed by atoms with E-state index in [4.69, 9.17) is 5.11 Å². The zero-order chi connectivity index (χ0) is 12.7. The first-order valence-corrected chi connectivity index (χ1v) is 6.42. The highest BCUT2D eigenvalue weighted by Gasteiger charge is 2.10. The molecule has 7 nitrogen and oxygen atoms in total. The second-order valence-corrected chi connectivity index (χ2v) is 4.29. The maximum atomic E-state index is 11.4. The van der Waals surface area contributed by atoms with E-state index in [1.807, 2.05) is 6.26 Å². The monoisotopic (exact) mass is 258 g/mol. The number of carbonyl (C=O) groups is 2. The number of hydrogen-bond acceptors (Lipinski definition) is 5. The molecule has 1 rings (SSSR count). The Morgan fingerprint density at radius 2 is 2.35 bits per heavy atom. The number of rotatable bonds is 7. The summed E-state index contributed by atoms with van der Waals surface area (Å²) >= 11 is 1.72. The van der Waals surface area contributed by atoms with Crippen molar-refractivity contribution < 1.29 is 14.7 Å². The largest absolute Gasteiger partial charge is 0.476 e. The van der Waals surface area contributed by atoms with Crippen LogP contribution in [0.2, 0.25) is 0 Å². The van der Waals surface area contributed by atoms with Crippen LogP contribution < -0.4 is 5.32 Å². The highest BCUT2D eigenvalue weighted by molar-refractivity contribution is 7.98. The van der Waals surface area contributed by atoms with Gasteiger partial charge in [-0.05, 0) is 18.4 Å². The van der Waals surface area contributed by atoms with Crippen molar-refractivity contribution in [1.82, 2.24) is 20.3 Å². The second-order valence-electron chi connectivity index (χ2n) is 3.30. The van der Waals surface area contributed by atoms with Gasteiger partial charge in [0.25, 0.3) is 0 Å². The molecule has 17 heavy (non-hydrogen) atoms. The summed E-state index contributed by atoms with van der Waals surface area (Å²) in [5.74, 6) is -0.364. The van der Waals surface area contributed by atoms with Crippen molar-refractivity contribution in [2.75, 3.05) is 18.6 Å². The van der Waals surface area contributed by atoms with Crippen molar-refractivity contribution >= 4 is 23.6 Å². The van der Waals surface area contributed by atoms with Crippen LogP contribution in [0, 0.1) is 0 Å². The fourth-order valence-corrected chi connectivity index (χ4v) is 1.55. The number of aromatic carboxylic acids is 1. The van der Waals surface area contributed by atoms with Crippen LogP contribution in [0.15, 0.2) is 6.20 Å². The van der Waals surface area contributed by atoms with Crippen molar-refractivity contribution in [1.29, 1.82) is 0 Å². The Bertz CT molecular complexity index is 393. The van der Waals surface area contributed by atoms with Gasteiger partial charge in [-0.3, -0.25) is 4.79 Å². The molecule has 1 heterocycles. The molecule has 0 fully saturated rings. The van der Waals surface area contributed by atoms with Crippen LogP contribution in [0.3, 0.4) is 0 Å². The third-order valence-electron chi connectivity index (χ3n) is 1.91. The van der Waals surface area contributed by atoms with Crippen molar-refractivity contribution in [2.24, 2.45) is 0 Å². The first-order chi connectivity index (χ1) is 8.13. The van der Waals surface area contributed by atoms with Crippen LogP contribution in [0.1, 0.15) is 16.9 Å². The summed E-state index contributed by atoms with van der Waals surface area (Å²) in [5, 5.41) is 18.3. The lowest BCUT2D eigenvalue weighted by Gasteiger charge is -2.03. The zero-order valence-corrected chi connectivity index (χ0v) is 10.2. The van der Waals surface area contributed by atoms with Gasteiger partial charge in [-0.25, -0.2) is 9.48 Å². The van der Waals surface area contributed by atoms with Crippen LogP contribution in [0.5, 0.6) is 0 Å². The highest BCUT2D eigenvalue weighted by Crippen LogP contribution is 1.94. The van der Waals surface area contributed by atoms with Gasteiger partial charge >= 0.3 is 5.97 Å². The summed E-state index contributed by atoms with van der Waals surface area (Å²) < 4.78 is 1.20. The molecule has 0 spiro atoms. The average Bonchev–Trinajstić information content (AvgIpc) is 2.73. The third-order valence-corrected chi connectivity index (χ3v) is 2.61. The van der Waals surface area contributed by atoms with Gasteiger partial charge in [0.05, 0.1) is 6.20 Å². The number of carboxylic acid groups (broad SMARTS) is 1. The minimum absolute atomic E-state index is 0.0143. The molecule has 94 valence electrons. The van der Waals surface area contributed by atoms with E-state index in [1.54, 1.807) is 11.8 Å². The maximum Gasteiger partial charge on any atom is 0.358 e. The minimum atomic E-state index is -1.16. The molecule has 2 N–H and O–H groups in total. The Morgan fingerprint density at radius 1 is 1.59 bits per heavy atom. The lowest BCUT2D eigenvalue weighted by atomic mass is 10.4. The molecule has 0 atom stereocenters. The number of carbonyl (C=O) groups excluding carboxylic acids is 1. The third kappa shape index (κ3) is 4.85. The predicted molar refractivity (Wildman–Crippen MR) is 63.0 cm³/mol. The van der Waals surface area contributed by atoms with E-state index in [-0.39, 0.29) is 18.1 Å².